The lowest BCUT2D eigenvalue weighted by Crippen LogP contribution is -2.33. The molecule has 0 aliphatic rings. The molecule has 1 heterocycles. The summed E-state index contributed by atoms with van der Waals surface area (Å²) < 4.78 is 5.61. The van der Waals surface area contributed by atoms with E-state index in [2.05, 4.69) is 45.0 Å². The van der Waals surface area contributed by atoms with Crippen molar-refractivity contribution in [1.82, 2.24) is 4.90 Å². The SMILES string of the molecule is CCCN(CCC)C(=O)C[C@@H](c1ccc(C)cc1)c1ccco1. The highest BCUT2D eigenvalue weighted by Gasteiger charge is 2.23. The lowest BCUT2D eigenvalue weighted by atomic mass is 9.92. The van der Waals surface area contributed by atoms with Gasteiger partial charge in [0.05, 0.1) is 12.2 Å². The molecule has 1 aromatic carbocycles. The number of rotatable bonds is 8. The van der Waals surface area contributed by atoms with Crippen LogP contribution in [0.5, 0.6) is 0 Å². The largest absolute Gasteiger partial charge is 0.469 e. The Labute approximate surface area is 139 Å². The second-order valence-corrected chi connectivity index (χ2v) is 6.06. The highest BCUT2D eigenvalue weighted by atomic mass is 16.3. The number of hydrogen-bond donors (Lipinski definition) is 0. The van der Waals surface area contributed by atoms with Gasteiger partial charge in [-0.15, -0.1) is 0 Å². The molecular formula is C20H27NO2. The first kappa shape index (κ1) is 17.3. The molecule has 0 aliphatic heterocycles. The van der Waals surface area contributed by atoms with Crippen LogP contribution in [0.3, 0.4) is 0 Å². The normalized spacial score (nSPS) is 12.1. The highest BCUT2D eigenvalue weighted by molar-refractivity contribution is 5.77. The number of nitrogens with zero attached hydrogens (tertiary/aromatic N) is 1. The molecular weight excluding hydrogens is 286 g/mol. The summed E-state index contributed by atoms with van der Waals surface area (Å²) in [5, 5.41) is 0. The van der Waals surface area contributed by atoms with E-state index in [1.807, 2.05) is 17.0 Å². The molecule has 0 N–H and O–H groups in total. The fraction of sp³-hybridized carbons (Fsp3) is 0.450. The summed E-state index contributed by atoms with van der Waals surface area (Å²) in [5.74, 6) is 1.04. The van der Waals surface area contributed by atoms with Crippen LogP contribution < -0.4 is 0 Å². The molecule has 0 spiro atoms. The third kappa shape index (κ3) is 4.72. The van der Waals surface area contributed by atoms with E-state index in [0.717, 1.165) is 37.3 Å². The zero-order chi connectivity index (χ0) is 16.7. The van der Waals surface area contributed by atoms with Gasteiger partial charge in [0.15, 0.2) is 0 Å². The molecule has 124 valence electrons. The fourth-order valence-electron chi connectivity index (χ4n) is 2.88. The van der Waals surface area contributed by atoms with Crippen molar-refractivity contribution < 1.29 is 9.21 Å². The van der Waals surface area contributed by atoms with E-state index >= 15 is 0 Å². The summed E-state index contributed by atoms with van der Waals surface area (Å²) in [5.41, 5.74) is 2.35. The van der Waals surface area contributed by atoms with E-state index < -0.39 is 0 Å². The second-order valence-electron chi connectivity index (χ2n) is 6.06. The summed E-state index contributed by atoms with van der Waals surface area (Å²) in [6.07, 6.45) is 4.11. The number of benzene rings is 1. The zero-order valence-corrected chi connectivity index (χ0v) is 14.4. The van der Waals surface area contributed by atoms with Crippen molar-refractivity contribution in [3.63, 3.8) is 0 Å². The summed E-state index contributed by atoms with van der Waals surface area (Å²) in [6.45, 7) is 7.94. The van der Waals surface area contributed by atoms with Crippen molar-refractivity contribution >= 4 is 5.91 Å². The second kappa shape index (κ2) is 8.56. The van der Waals surface area contributed by atoms with Crippen LogP contribution in [0.25, 0.3) is 0 Å². The van der Waals surface area contributed by atoms with Gasteiger partial charge in [-0.2, -0.15) is 0 Å². The van der Waals surface area contributed by atoms with Crippen molar-refractivity contribution in [2.75, 3.05) is 13.1 Å². The van der Waals surface area contributed by atoms with Gasteiger partial charge in [-0.1, -0.05) is 43.7 Å². The van der Waals surface area contributed by atoms with Crippen LogP contribution in [0, 0.1) is 6.92 Å². The number of furan rings is 1. The standard InChI is InChI=1S/C20H27NO2/c1-4-12-21(13-5-2)20(22)15-18(19-7-6-14-23-19)17-10-8-16(3)9-11-17/h6-11,14,18H,4-5,12-13,15H2,1-3H3/t18-/m0/s1. The molecule has 2 aromatic rings. The Morgan fingerprint density at radius 3 is 2.26 bits per heavy atom. The van der Waals surface area contributed by atoms with Gasteiger partial charge in [0.2, 0.25) is 5.91 Å². The van der Waals surface area contributed by atoms with E-state index in [9.17, 15) is 4.79 Å². The fourth-order valence-corrected chi connectivity index (χ4v) is 2.88. The zero-order valence-electron chi connectivity index (χ0n) is 14.4. The molecule has 0 radical (unpaired) electrons. The van der Waals surface area contributed by atoms with E-state index in [-0.39, 0.29) is 11.8 Å². The first-order valence-electron chi connectivity index (χ1n) is 8.53. The van der Waals surface area contributed by atoms with Gasteiger partial charge in [-0.3, -0.25) is 4.79 Å². The molecule has 1 aromatic heterocycles. The molecule has 0 bridgehead atoms. The Morgan fingerprint density at radius 2 is 1.74 bits per heavy atom. The first-order chi connectivity index (χ1) is 11.2. The van der Waals surface area contributed by atoms with Crippen LogP contribution >= 0.6 is 0 Å². The average Bonchev–Trinajstić information content (AvgIpc) is 3.07. The number of amides is 1. The Bertz CT molecular complexity index is 581. The van der Waals surface area contributed by atoms with Gasteiger partial charge in [-0.05, 0) is 37.5 Å². The smallest absolute Gasteiger partial charge is 0.223 e. The molecule has 1 atom stereocenters. The van der Waals surface area contributed by atoms with Crippen LogP contribution in [-0.2, 0) is 4.79 Å². The van der Waals surface area contributed by atoms with Gasteiger partial charge in [-0.25, -0.2) is 0 Å². The van der Waals surface area contributed by atoms with E-state index in [1.165, 1.54) is 5.56 Å². The molecule has 0 unspecified atom stereocenters. The lowest BCUT2D eigenvalue weighted by molar-refractivity contribution is -0.131. The maximum atomic E-state index is 12.8. The monoisotopic (exact) mass is 313 g/mol. The van der Waals surface area contributed by atoms with Crippen LogP contribution in [-0.4, -0.2) is 23.9 Å². The molecule has 1 amide bonds. The number of carbonyl (C=O) groups is 1. The number of carbonyl (C=O) groups excluding carboxylic acids is 1. The molecule has 3 nitrogen and oxygen atoms in total. The Hall–Kier alpha value is -2.03. The topological polar surface area (TPSA) is 33.5 Å². The van der Waals surface area contributed by atoms with Gasteiger partial charge >= 0.3 is 0 Å². The van der Waals surface area contributed by atoms with E-state index in [0.29, 0.717) is 6.42 Å². The quantitative estimate of drug-likeness (QED) is 0.704. The van der Waals surface area contributed by atoms with Gasteiger partial charge in [0.25, 0.3) is 0 Å². The Morgan fingerprint density at radius 1 is 1.09 bits per heavy atom. The first-order valence-corrected chi connectivity index (χ1v) is 8.53. The summed E-state index contributed by atoms with van der Waals surface area (Å²) in [4.78, 5) is 14.7. The van der Waals surface area contributed by atoms with Crippen LogP contribution in [0.15, 0.2) is 47.1 Å². The Kier molecular flexibility index (Phi) is 6.45. The third-order valence-electron chi connectivity index (χ3n) is 4.08. The van der Waals surface area contributed by atoms with Crippen molar-refractivity contribution in [1.29, 1.82) is 0 Å². The van der Waals surface area contributed by atoms with Crippen LogP contribution in [0.4, 0.5) is 0 Å². The summed E-state index contributed by atoms with van der Waals surface area (Å²) in [6, 6.07) is 12.2. The molecule has 0 saturated heterocycles. The van der Waals surface area contributed by atoms with Crippen LogP contribution in [0.2, 0.25) is 0 Å². The van der Waals surface area contributed by atoms with Crippen molar-refractivity contribution in [3.8, 4) is 0 Å². The van der Waals surface area contributed by atoms with E-state index in [1.54, 1.807) is 6.26 Å². The maximum absolute atomic E-state index is 12.8. The summed E-state index contributed by atoms with van der Waals surface area (Å²) in [7, 11) is 0. The predicted octanol–water partition coefficient (Wildman–Crippen LogP) is 4.76. The minimum atomic E-state index is -0.0192. The van der Waals surface area contributed by atoms with Crippen molar-refractivity contribution in [2.24, 2.45) is 0 Å². The predicted molar refractivity (Wildman–Crippen MR) is 93.5 cm³/mol. The lowest BCUT2D eigenvalue weighted by Gasteiger charge is -2.24. The molecule has 0 fully saturated rings. The van der Waals surface area contributed by atoms with E-state index in [4.69, 9.17) is 4.42 Å². The molecule has 3 heteroatoms. The third-order valence-corrected chi connectivity index (χ3v) is 4.08. The molecule has 23 heavy (non-hydrogen) atoms. The molecule has 0 aliphatic carbocycles. The number of hydrogen-bond acceptors (Lipinski definition) is 2. The van der Waals surface area contributed by atoms with Gasteiger partial charge in [0.1, 0.15) is 5.76 Å². The number of aryl methyl sites for hydroxylation is 1. The average molecular weight is 313 g/mol. The van der Waals surface area contributed by atoms with Crippen molar-refractivity contribution in [3.05, 3.63) is 59.5 Å². The minimum absolute atomic E-state index is 0.0192. The summed E-state index contributed by atoms with van der Waals surface area (Å²) >= 11 is 0. The highest BCUT2D eigenvalue weighted by Crippen LogP contribution is 2.29. The minimum Gasteiger partial charge on any atom is -0.469 e. The van der Waals surface area contributed by atoms with Gasteiger partial charge < -0.3 is 9.32 Å². The van der Waals surface area contributed by atoms with Gasteiger partial charge in [0, 0.05) is 19.5 Å². The Balaban J connectivity index is 2.21. The molecule has 2 rings (SSSR count). The van der Waals surface area contributed by atoms with Crippen LogP contribution in [0.1, 0.15) is 55.9 Å². The van der Waals surface area contributed by atoms with Crippen molar-refractivity contribution in [2.45, 2.75) is 46.0 Å². The molecule has 0 saturated carbocycles. The maximum Gasteiger partial charge on any atom is 0.223 e.